The molecule has 0 spiro atoms. The van der Waals surface area contributed by atoms with Crippen molar-refractivity contribution in [1.82, 2.24) is 4.98 Å². The molecule has 1 aromatic heterocycles. The van der Waals surface area contributed by atoms with E-state index in [2.05, 4.69) is 4.98 Å². The van der Waals surface area contributed by atoms with Gasteiger partial charge in [0.2, 0.25) is 0 Å². The molecular weight excluding hydrogens is 260 g/mol. The van der Waals surface area contributed by atoms with Gasteiger partial charge in [0.1, 0.15) is 20.5 Å². The second-order valence-corrected chi connectivity index (χ2v) is 7.01. The highest BCUT2D eigenvalue weighted by molar-refractivity contribution is 7.91. The topological polar surface area (TPSA) is 90.1 Å². The molecule has 0 unspecified atom stereocenters. The van der Waals surface area contributed by atoms with Crippen molar-refractivity contribution in [1.29, 1.82) is 0 Å². The number of carbonyl (C=O) groups excluding carboxylic acids is 1. The fourth-order valence-corrected chi connectivity index (χ4v) is 2.81. The van der Waals surface area contributed by atoms with Gasteiger partial charge in [0.25, 0.3) is 0 Å². The third-order valence-electron chi connectivity index (χ3n) is 2.31. The molecule has 1 aromatic rings. The first-order chi connectivity index (χ1) is 7.98. The van der Waals surface area contributed by atoms with Crippen LogP contribution in [-0.2, 0) is 16.4 Å². The van der Waals surface area contributed by atoms with Crippen molar-refractivity contribution in [2.45, 2.75) is 26.3 Å². The van der Waals surface area contributed by atoms with Gasteiger partial charge in [-0.05, 0) is 6.42 Å². The molecule has 0 aromatic carbocycles. The smallest absolute Gasteiger partial charge is 0.182 e. The highest BCUT2D eigenvalue weighted by atomic mass is 32.2. The molecule has 17 heavy (non-hydrogen) atoms. The molecule has 1 heterocycles. The first kappa shape index (κ1) is 14.3. The molecule has 0 saturated carbocycles. The zero-order valence-corrected chi connectivity index (χ0v) is 11.3. The Morgan fingerprint density at radius 2 is 2.24 bits per heavy atom. The van der Waals surface area contributed by atoms with E-state index in [-0.39, 0.29) is 23.7 Å². The maximum Gasteiger partial charge on any atom is 0.182 e. The molecule has 96 valence electrons. The van der Waals surface area contributed by atoms with Gasteiger partial charge in [-0.1, -0.05) is 6.92 Å². The van der Waals surface area contributed by atoms with Crippen LogP contribution in [0.15, 0.2) is 5.38 Å². The molecule has 0 aliphatic carbocycles. The predicted octanol–water partition coefficient (Wildman–Crippen LogP) is 0.999. The Morgan fingerprint density at radius 3 is 2.76 bits per heavy atom. The molecule has 0 saturated heterocycles. The number of Topliss-reactive ketones (excluding diaryl/α,β-unsaturated/α-hetero) is 1. The van der Waals surface area contributed by atoms with Crippen LogP contribution < -0.4 is 5.73 Å². The Kier molecular flexibility index (Phi) is 5.23. The van der Waals surface area contributed by atoms with Crippen LogP contribution in [-0.4, -0.2) is 30.7 Å². The molecule has 5 nitrogen and oxygen atoms in total. The van der Waals surface area contributed by atoms with Crippen LogP contribution in [0.25, 0.3) is 0 Å². The Bertz CT molecular complexity index is 479. The van der Waals surface area contributed by atoms with E-state index < -0.39 is 9.84 Å². The van der Waals surface area contributed by atoms with Crippen LogP contribution in [0.4, 0.5) is 0 Å². The summed E-state index contributed by atoms with van der Waals surface area (Å²) in [7, 11) is -2.99. The maximum absolute atomic E-state index is 11.7. The number of hydrogen-bond acceptors (Lipinski definition) is 6. The number of thiazole rings is 1. The SMILES string of the molecule is CCS(=O)(=O)CCCC(=O)c1csc(CN)n1. The quantitative estimate of drug-likeness (QED) is 0.750. The first-order valence-electron chi connectivity index (χ1n) is 5.36. The van der Waals surface area contributed by atoms with E-state index in [1.165, 1.54) is 11.3 Å². The van der Waals surface area contributed by atoms with Crippen LogP contribution in [0, 0.1) is 0 Å². The van der Waals surface area contributed by atoms with Gasteiger partial charge in [-0.2, -0.15) is 0 Å². The van der Waals surface area contributed by atoms with Gasteiger partial charge >= 0.3 is 0 Å². The molecule has 0 atom stereocenters. The van der Waals surface area contributed by atoms with E-state index >= 15 is 0 Å². The van der Waals surface area contributed by atoms with E-state index in [1.54, 1.807) is 12.3 Å². The molecule has 0 aliphatic rings. The lowest BCUT2D eigenvalue weighted by Crippen LogP contribution is -2.10. The van der Waals surface area contributed by atoms with E-state index in [1.807, 2.05) is 0 Å². The number of carbonyl (C=O) groups is 1. The summed E-state index contributed by atoms with van der Waals surface area (Å²) in [6, 6.07) is 0. The van der Waals surface area contributed by atoms with Crippen molar-refractivity contribution in [2.75, 3.05) is 11.5 Å². The Morgan fingerprint density at radius 1 is 1.53 bits per heavy atom. The van der Waals surface area contributed by atoms with Crippen LogP contribution in [0.3, 0.4) is 0 Å². The Balaban J connectivity index is 2.45. The molecule has 2 N–H and O–H groups in total. The number of ketones is 1. The molecule has 1 rings (SSSR count). The van der Waals surface area contributed by atoms with Crippen molar-refractivity contribution >= 4 is 27.0 Å². The molecule has 0 aliphatic heterocycles. The zero-order chi connectivity index (χ0) is 12.9. The third kappa shape index (κ3) is 4.53. The summed E-state index contributed by atoms with van der Waals surface area (Å²) in [6.45, 7) is 1.92. The van der Waals surface area contributed by atoms with Crippen LogP contribution in [0.1, 0.15) is 35.3 Å². The van der Waals surface area contributed by atoms with Crippen LogP contribution in [0.2, 0.25) is 0 Å². The second-order valence-electron chi connectivity index (χ2n) is 3.59. The Labute approximate surface area is 105 Å². The summed E-state index contributed by atoms with van der Waals surface area (Å²) in [4.78, 5) is 15.7. The van der Waals surface area contributed by atoms with Crippen LogP contribution >= 0.6 is 11.3 Å². The van der Waals surface area contributed by atoms with Gasteiger partial charge in [0, 0.05) is 24.1 Å². The van der Waals surface area contributed by atoms with Crippen molar-refractivity contribution in [3.05, 3.63) is 16.1 Å². The maximum atomic E-state index is 11.7. The average Bonchev–Trinajstić information content (AvgIpc) is 2.77. The normalized spacial score (nSPS) is 11.6. The summed E-state index contributed by atoms with van der Waals surface area (Å²) in [5, 5.41) is 2.38. The highest BCUT2D eigenvalue weighted by Crippen LogP contribution is 2.12. The summed E-state index contributed by atoms with van der Waals surface area (Å²) >= 11 is 1.35. The fourth-order valence-electron chi connectivity index (χ4n) is 1.26. The standard InChI is InChI=1S/C10H16N2O3S2/c1-2-17(14,15)5-3-4-9(13)8-7-16-10(6-11)12-8/h7H,2-6,11H2,1H3. The number of nitrogens with zero attached hydrogens (tertiary/aromatic N) is 1. The molecule has 0 amide bonds. The molecule has 0 bridgehead atoms. The largest absolute Gasteiger partial charge is 0.325 e. The van der Waals surface area contributed by atoms with Crippen molar-refractivity contribution < 1.29 is 13.2 Å². The third-order valence-corrected chi connectivity index (χ3v) is 4.97. The van der Waals surface area contributed by atoms with Gasteiger partial charge < -0.3 is 5.73 Å². The van der Waals surface area contributed by atoms with Gasteiger partial charge in [-0.15, -0.1) is 11.3 Å². The van der Waals surface area contributed by atoms with Gasteiger partial charge in [-0.3, -0.25) is 4.79 Å². The summed E-state index contributed by atoms with van der Waals surface area (Å²) < 4.78 is 22.5. The van der Waals surface area contributed by atoms with Gasteiger partial charge in [0.15, 0.2) is 5.78 Å². The summed E-state index contributed by atoms with van der Waals surface area (Å²) in [6.07, 6.45) is 0.567. The minimum absolute atomic E-state index is 0.0587. The fraction of sp³-hybridized carbons (Fsp3) is 0.600. The minimum Gasteiger partial charge on any atom is -0.325 e. The van der Waals surface area contributed by atoms with Gasteiger partial charge in [-0.25, -0.2) is 13.4 Å². The molecule has 7 heteroatoms. The van der Waals surface area contributed by atoms with Crippen molar-refractivity contribution in [3.63, 3.8) is 0 Å². The molecular formula is C10H16N2O3S2. The number of rotatable bonds is 7. The van der Waals surface area contributed by atoms with Crippen molar-refractivity contribution in [3.8, 4) is 0 Å². The highest BCUT2D eigenvalue weighted by Gasteiger charge is 2.12. The van der Waals surface area contributed by atoms with Crippen molar-refractivity contribution in [2.24, 2.45) is 5.73 Å². The lowest BCUT2D eigenvalue weighted by molar-refractivity contribution is 0.0977. The van der Waals surface area contributed by atoms with Gasteiger partial charge in [0.05, 0.1) is 5.75 Å². The molecule has 0 fully saturated rings. The number of hydrogen-bond donors (Lipinski definition) is 1. The van der Waals surface area contributed by atoms with E-state index in [9.17, 15) is 13.2 Å². The average molecular weight is 276 g/mol. The predicted molar refractivity (Wildman–Crippen MR) is 67.9 cm³/mol. The molecule has 0 radical (unpaired) electrons. The van der Waals surface area contributed by atoms with Crippen LogP contribution in [0.5, 0.6) is 0 Å². The number of nitrogens with two attached hydrogens (primary N) is 1. The second kappa shape index (κ2) is 6.23. The van der Waals surface area contributed by atoms with E-state index in [4.69, 9.17) is 5.73 Å². The number of sulfone groups is 1. The first-order valence-corrected chi connectivity index (χ1v) is 8.06. The monoisotopic (exact) mass is 276 g/mol. The minimum atomic E-state index is -2.99. The van der Waals surface area contributed by atoms with E-state index in [0.717, 1.165) is 5.01 Å². The lowest BCUT2D eigenvalue weighted by atomic mass is 10.2. The zero-order valence-electron chi connectivity index (χ0n) is 9.68. The summed E-state index contributed by atoms with van der Waals surface area (Å²) in [5.74, 6) is 0.0606. The number of aromatic nitrogens is 1. The Hall–Kier alpha value is -0.790. The summed E-state index contributed by atoms with van der Waals surface area (Å²) in [5.41, 5.74) is 5.79. The van der Waals surface area contributed by atoms with E-state index in [0.29, 0.717) is 18.7 Å². The lowest BCUT2D eigenvalue weighted by Gasteiger charge is -1.99.